The Morgan fingerprint density at radius 1 is 1.27 bits per heavy atom. The number of rotatable bonds is 4. The molecule has 0 spiro atoms. The summed E-state index contributed by atoms with van der Waals surface area (Å²) in [5.74, 6) is 0.363. The molecule has 194 valence electrons. The molecule has 1 fully saturated rings. The minimum atomic E-state index is -0.455. The third kappa shape index (κ3) is 4.07. The van der Waals surface area contributed by atoms with Gasteiger partial charge in [-0.15, -0.1) is 0 Å². The lowest BCUT2D eigenvalue weighted by Gasteiger charge is -2.41. The summed E-state index contributed by atoms with van der Waals surface area (Å²) in [6.45, 7) is 9.69. The van der Waals surface area contributed by atoms with Gasteiger partial charge in [-0.25, -0.2) is 19.7 Å². The number of aromatic amines is 1. The van der Waals surface area contributed by atoms with Crippen molar-refractivity contribution in [1.29, 1.82) is 0 Å². The Kier molecular flexibility index (Phi) is 5.93. The Balaban J connectivity index is 1.40. The van der Waals surface area contributed by atoms with Crippen molar-refractivity contribution in [3.8, 4) is 11.3 Å². The second-order valence-electron chi connectivity index (χ2n) is 10.2. The van der Waals surface area contributed by atoms with E-state index in [4.69, 9.17) is 22.1 Å². The van der Waals surface area contributed by atoms with Gasteiger partial charge in [-0.05, 0) is 26.0 Å². The highest BCUT2D eigenvalue weighted by Gasteiger charge is 2.39. The first-order chi connectivity index (χ1) is 17.8. The van der Waals surface area contributed by atoms with Crippen LogP contribution in [0.25, 0.3) is 33.3 Å². The number of carbonyl (C=O) groups excluding carboxylic acids is 1. The minimum Gasteiger partial charge on any atom is -0.383 e. The maximum Gasteiger partial charge on any atom is 0.317 e. The maximum absolute atomic E-state index is 13.3. The molecule has 12 heteroatoms. The topological polar surface area (TPSA) is 130 Å². The van der Waals surface area contributed by atoms with Crippen molar-refractivity contribution in [3.05, 3.63) is 35.4 Å². The van der Waals surface area contributed by atoms with E-state index in [0.29, 0.717) is 47.2 Å². The number of fused-ring (bicyclic) bond motifs is 4. The third-order valence-corrected chi connectivity index (χ3v) is 7.65. The minimum absolute atomic E-state index is 0.104. The standard InChI is InChI=1S/C25H30ClN9O2/c1-25(2)13-34(24(36)29-6-7-33-8-10-37-11-9-33)12-16-17(18-21(27)30-14-31-23(18)35(16)25)20-19(26)15-4-3-5-28-22(15)32-20/h3-5,14H,6-13H2,1-2H3,(H,28,32)(H,29,36)(H2,27,30,31). The highest BCUT2D eigenvalue weighted by Crippen LogP contribution is 2.45. The van der Waals surface area contributed by atoms with Crippen LogP contribution in [-0.4, -0.2) is 86.3 Å². The molecule has 0 bridgehead atoms. The number of nitrogens with two attached hydrogens (primary N) is 1. The van der Waals surface area contributed by atoms with E-state index in [0.717, 1.165) is 55.1 Å². The zero-order valence-corrected chi connectivity index (χ0v) is 21.7. The van der Waals surface area contributed by atoms with Crippen molar-refractivity contribution in [1.82, 2.24) is 39.6 Å². The highest BCUT2D eigenvalue weighted by molar-refractivity contribution is 6.38. The summed E-state index contributed by atoms with van der Waals surface area (Å²) < 4.78 is 7.58. The SMILES string of the molecule is CC1(C)CN(C(=O)NCCN2CCOCC2)Cc2c(-c3[nH]c4ncccc4c3Cl)c3c(N)ncnc3n21. The van der Waals surface area contributed by atoms with Gasteiger partial charge < -0.3 is 30.2 Å². The van der Waals surface area contributed by atoms with Crippen LogP contribution in [0, 0.1) is 0 Å². The molecule has 1 saturated heterocycles. The molecule has 4 aromatic heterocycles. The molecule has 2 amide bonds. The summed E-state index contributed by atoms with van der Waals surface area (Å²) >= 11 is 6.89. The Bertz CT molecular complexity index is 1490. The second kappa shape index (κ2) is 9.16. The number of pyridine rings is 1. The highest BCUT2D eigenvalue weighted by atomic mass is 35.5. The quantitative estimate of drug-likeness (QED) is 0.375. The molecule has 11 nitrogen and oxygen atoms in total. The molecule has 0 atom stereocenters. The Hall–Kier alpha value is -3.41. The first-order valence-corrected chi connectivity index (χ1v) is 12.8. The zero-order chi connectivity index (χ0) is 25.7. The number of aromatic nitrogens is 5. The average molecular weight is 524 g/mol. The van der Waals surface area contributed by atoms with E-state index >= 15 is 0 Å². The molecule has 2 aliphatic heterocycles. The third-order valence-electron chi connectivity index (χ3n) is 7.25. The average Bonchev–Trinajstić information content (AvgIpc) is 3.40. The van der Waals surface area contributed by atoms with Crippen LogP contribution in [0.5, 0.6) is 0 Å². The van der Waals surface area contributed by atoms with E-state index < -0.39 is 5.54 Å². The molecular weight excluding hydrogens is 494 g/mol. The Morgan fingerprint density at radius 3 is 2.86 bits per heavy atom. The number of nitrogens with one attached hydrogen (secondary N) is 2. The molecule has 0 saturated carbocycles. The zero-order valence-electron chi connectivity index (χ0n) is 20.9. The van der Waals surface area contributed by atoms with Gasteiger partial charge in [-0.3, -0.25) is 4.90 Å². The van der Waals surface area contributed by atoms with Gasteiger partial charge in [-0.1, -0.05) is 11.6 Å². The van der Waals surface area contributed by atoms with Crippen LogP contribution in [0.4, 0.5) is 10.6 Å². The van der Waals surface area contributed by atoms with E-state index in [1.165, 1.54) is 6.33 Å². The second-order valence-corrected chi connectivity index (χ2v) is 10.6. The number of urea groups is 1. The smallest absolute Gasteiger partial charge is 0.317 e. The van der Waals surface area contributed by atoms with Crippen LogP contribution >= 0.6 is 11.6 Å². The number of carbonyl (C=O) groups is 1. The Morgan fingerprint density at radius 2 is 2.08 bits per heavy atom. The number of anilines is 1. The summed E-state index contributed by atoms with van der Waals surface area (Å²) in [5.41, 5.74) is 9.77. The van der Waals surface area contributed by atoms with Gasteiger partial charge in [0.1, 0.15) is 23.4 Å². The molecule has 0 aromatic carbocycles. The molecule has 0 aliphatic carbocycles. The lowest BCUT2D eigenvalue weighted by Crippen LogP contribution is -2.52. The predicted octanol–water partition coefficient (Wildman–Crippen LogP) is 2.80. The van der Waals surface area contributed by atoms with Gasteiger partial charge in [0.05, 0.1) is 41.4 Å². The van der Waals surface area contributed by atoms with Gasteiger partial charge >= 0.3 is 6.03 Å². The lowest BCUT2D eigenvalue weighted by atomic mass is 9.99. The van der Waals surface area contributed by atoms with Crippen molar-refractivity contribution in [2.24, 2.45) is 0 Å². The van der Waals surface area contributed by atoms with E-state index in [9.17, 15) is 4.79 Å². The number of hydrogen-bond acceptors (Lipinski definition) is 7. The van der Waals surface area contributed by atoms with Gasteiger partial charge in [0.25, 0.3) is 0 Å². The van der Waals surface area contributed by atoms with E-state index in [2.05, 4.69) is 48.6 Å². The molecule has 37 heavy (non-hydrogen) atoms. The summed E-state index contributed by atoms with van der Waals surface area (Å²) in [6, 6.07) is 3.67. The summed E-state index contributed by atoms with van der Waals surface area (Å²) in [4.78, 5) is 34.2. The fourth-order valence-corrected chi connectivity index (χ4v) is 5.89. The van der Waals surface area contributed by atoms with Crippen molar-refractivity contribution in [2.45, 2.75) is 25.9 Å². The van der Waals surface area contributed by atoms with E-state index in [-0.39, 0.29) is 6.03 Å². The summed E-state index contributed by atoms with van der Waals surface area (Å²) in [7, 11) is 0. The normalized spacial score (nSPS) is 17.9. The molecule has 2 aliphatic rings. The largest absolute Gasteiger partial charge is 0.383 e. The van der Waals surface area contributed by atoms with Gasteiger partial charge in [0.15, 0.2) is 0 Å². The van der Waals surface area contributed by atoms with Crippen LogP contribution in [0.1, 0.15) is 19.5 Å². The van der Waals surface area contributed by atoms with Crippen LogP contribution in [0.2, 0.25) is 5.02 Å². The molecule has 0 radical (unpaired) electrons. The maximum atomic E-state index is 13.3. The molecule has 6 rings (SSSR count). The van der Waals surface area contributed by atoms with Gasteiger partial charge in [0, 0.05) is 55.6 Å². The lowest BCUT2D eigenvalue weighted by molar-refractivity contribution is 0.0384. The first kappa shape index (κ1) is 24.0. The van der Waals surface area contributed by atoms with Crippen molar-refractivity contribution in [3.63, 3.8) is 0 Å². The van der Waals surface area contributed by atoms with Gasteiger partial charge in [-0.2, -0.15) is 0 Å². The van der Waals surface area contributed by atoms with Crippen molar-refractivity contribution >= 4 is 45.5 Å². The van der Waals surface area contributed by atoms with Crippen molar-refractivity contribution in [2.75, 3.05) is 51.7 Å². The van der Waals surface area contributed by atoms with Crippen LogP contribution in [-0.2, 0) is 16.8 Å². The number of halogens is 1. The summed E-state index contributed by atoms with van der Waals surface area (Å²) in [5, 5.41) is 5.18. The number of nitrogens with zero attached hydrogens (tertiary/aromatic N) is 6. The first-order valence-electron chi connectivity index (χ1n) is 12.4. The molecule has 4 aromatic rings. The molecule has 6 heterocycles. The monoisotopic (exact) mass is 523 g/mol. The fraction of sp³-hybridized carbons (Fsp3) is 0.440. The number of nitrogen functional groups attached to an aromatic ring is 1. The van der Waals surface area contributed by atoms with Crippen LogP contribution in [0.15, 0.2) is 24.7 Å². The number of ether oxygens (including phenoxy) is 1. The Labute approximate surface area is 218 Å². The van der Waals surface area contributed by atoms with E-state index in [1.54, 1.807) is 6.20 Å². The number of morpholine rings is 1. The van der Waals surface area contributed by atoms with E-state index in [1.807, 2.05) is 17.0 Å². The fourth-order valence-electron chi connectivity index (χ4n) is 5.59. The van der Waals surface area contributed by atoms with Gasteiger partial charge in [0.2, 0.25) is 0 Å². The molecule has 0 unspecified atom stereocenters. The van der Waals surface area contributed by atoms with Crippen molar-refractivity contribution < 1.29 is 9.53 Å². The molecular formula is C25H30ClN9O2. The van der Waals surface area contributed by atoms with Crippen LogP contribution in [0.3, 0.4) is 0 Å². The number of hydrogen-bond donors (Lipinski definition) is 3. The number of H-pyrrole nitrogens is 1. The van der Waals surface area contributed by atoms with Crippen LogP contribution < -0.4 is 11.1 Å². The summed E-state index contributed by atoms with van der Waals surface area (Å²) in [6.07, 6.45) is 3.19. The number of amides is 2. The predicted molar refractivity (Wildman–Crippen MR) is 142 cm³/mol. The molecule has 4 N–H and O–H groups in total.